The molecule has 1 aromatic heterocycles. The molecule has 3 rings (SSSR count). The second-order valence-corrected chi connectivity index (χ2v) is 6.82. The summed E-state index contributed by atoms with van der Waals surface area (Å²) in [5.41, 5.74) is 2.23. The van der Waals surface area contributed by atoms with E-state index in [9.17, 15) is 9.90 Å². The van der Waals surface area contributed by atoms with Crippen molar-refractivity contribution in [3.63, 3.8) is 0 Å². The first kappa shape index (κ1) is 20.4. The molecule has 2 heterocycles. The van der Waals surface area contributed by atoms with Crippen molar-refractivity contribution in [1.29, 1.82) is 0 Å². The van der Waals surface area contributed by atoms with Gasteiger partial charge in [-0.3, -0.25) is 0 Å². The van der Waals surface area contributed by atoms with Crippen molar-refractivity contribution < 1.29 is 36.8 Å². The first-order valence-corrected chi connectivity index (χ1v) is 8.62. The van der Waals surface area contributed by atoms with Gasteiger partial charge in [-0.1, -0.05) is 0 Å². The van der Waals surface area contributed by atoms with E-state index < -0.39 is 5.97 Å². The number of benzene rings is 1. The maximum atomic E-state index is 10.8. The number of piperazine rings is 1. The van der Waals surface area contributed by atoms with Gasteiger partial charge in [0.05, 0.1) is 5.97 Å². The van der Waals surface area contributed by atoms with E-state index in [2.05, 4.69) is 21.9 Å². The SMILES string of the molecule is O=C([O-])c1ccc(-[n+]2ccc(N3CCN(C([S-])[S-])CC3)cc2)cc1.[Au]. The van der Waals surface area contributed by atoms with Crippen LogP contribution in [-0.4, -0.2) is 41.8 Å². The van der Waals surface area contributed by atoms with Gasteiger partial charge < -0.3 is 45.0 Å². The number of anilines is 1. The molecule has 0 aliphatic carbocycles. The molecule has 2 aromatic rings. The third kappa shape index (κ3) is 5.03. The molecule has 1 saturated heterocycles. The number of carboxylic acids is 1. The van der Waals surface area contributed by atoms with Crippen LogP contribution in [0.2, 0.25) is 0 Å². The molecular weight excluding hydrogens is 539 g/mol. The van der Waals surface area contributed by atoms with Gasteiger partial charge in [-0.2, -0.15) is 4.57 Å². The molecule has 1 aliphatic rings. The molecule has 1 fully saturated rings. The van der Waals surface area contributed by atoms with Crippen LogP contribution >= 0.6 is 0 Å². The van der Waals surface area contributed by atoms with Crippen LogP contribution in [0.15, 0.2) is 48.8 Å². The third-order valence-corrected chi connectivity index (χ3v) is 4.79. The average molecular weight is 556 g/mol. The summed E-state index contributed by atoms with van der Waals surface area (Å²) in [6.45, 7) is 3.59. The Labute approximate surface area is 174 Å². The van der Waals surface area contributed by atoms with Crippen molar-refractivity contribution in [2.45, 2.75) is 4.71 Å². The van der Waals surface area contributed by atoms with Gasteiger partial charge in [-0.15, -0.1) is 0 Å². The van der Waals surface area contributed by atoms with Crippen molar-refractivity contribution in [2.24, 2.45) is 0 Å². The van der Waals surface area contributed by atoms with Crippen LogP contribution < -0.4 is 14.6 Å². The summed E-state index contributed by atoms with van der Waals surface area (Å²) in [4.78, 5) is 15.2. The van der Waals surface area contributed by atoms with Gasteiger partial charge in [0.15, 0.2) is 12.4 Å². The smallest absolute Gasteiger partial charge is 0.210 e. The quantitative estimate of drug-likeness (QED) is 0.296. The third-order valence-electron chi connectivity index (χ3n) is 4.19. The molecule has 0 N–H and O–H groups in total. The summed E-state index contributed by atoms with van der Waals surface area (Å²) < 4.78 is 1.72. The number of hydrogen-bond donors (Lipinski definition) is 0. The second-order valence-electron chi connectivity index (χ2n) is 5.63. The van der Waals surface area contributed by atoms with Crippen molar-refractivity contribution in [1.82, 2.24) is 4.90 Å². The maximum absolute atomic E-state index is 10.8. The molecule has 25 heavy (non-hydrogen) atoms. The zero-order valence-corrected chi connectivity index (χ0v) is 17.1. The van der Waals surface area contributed by atoms with E-state index in [1.807, 2.05) is 17.0 Å². The zero-order chi connectivity index (χ0) is 17.1. The molecule has 8 heteroatoms. The van der Waals surface area contributed by atoms with Gasteiger partial charge >= 0.3 is 0 Å². The number of carbonyl (C=O) groups excluding carboxylic acids is 1. The first-order chi connectivity index (χ1) is 11.5. The van der Waals surface area contributed by atoms with Crippen LogP contribution in [0.5, 0.6) is 0 Å². The number of carboxylic acid groups (broad SMARTS) is 1. The van der Waals surface area contributed by atoms with Crippen LogP contribution in [-0.2, 0) is 47.6 Å². The van der Waals surface area contributed by atoms with E-state index in [0.717, 1.165) is 37.6 Å². The topological polar surface area (TPSA) is 50.5 Å². The fourth-order valence-electron chi connectivity index (χ4n) is 2.76. The standard InChI is InChI=1S/C17H19N3O2S2.Au/c21-16(22)13-1-3-14(4-2-13)18-7-5-15(6-8-18)19-9-11-20(12-10-19)17(23)24;/h1-8,17H,9-12H2,(H2-,21,22,23,24);/p-2. The van der Waals surface area contributed by atoms with Crippen molar-refractivity contribution >= 4 is 36.9 Å². The van der Waals surface area contributed by atoms with Crippen LogP contribution in [0, 0.1) is 0 Å². The number of carbonyl (C=O) groups is 1. The Hall–Kier alpha value is -0.960. The number of aromatic carboxylic acids is 1. The molecule has 137 valence electrons. The van der Waals surface area contributed by atoms with E-state index in [1.54, 1.807) is 24.3 Å². The fourth-order valence-corrected chi connectivity index (χ4v) is 3.18. The molecule has 1 aromatic carbocycles. The van der Waals surface area contributed by atoms with Crippen molar-refractivity contribution in [2.75, 3.05) is 31.1 Å². The minimum absolute atomic E-state index is 0. The van der Waals surface area contributed by atoms with E-state index in [0.29, 0.717) is 0 Å². The molecule has 1 aliphatic heterocycles. The zero-order valence-electron chi connectivity index (χ0n) is 13.3. The second kappa shape index (κ2) is 9.12. The predicted octanol–water partition coefficient (Wildman–Crippen LogP) is -0.176. The molecule has 1 radical (unpaired) electrons. The van der Waals surface area contributed by atoms with E-state index in [-0.39, 0.29) is 32.6 Å². The number of hydrogen-bond acceptors (Lipinski definition) is 6. The number of pyridine rings is 1. The Morgan fingerprint density at radius 3 is 2.04 bits per heavy atom. The van der Waals surface area contributed by atoms with E-state index in [1.165, 1.54) is 0 Å². The molecule has 0 saturated carbocycles. The summed E-state index contributed by atoms with van der Waals surface area (Å²) >= 11 is 10.3. The number of rotatable bonds is 4. The van der Waals surface area contributed by atoms with Crippen LogP contribution in [0.25, 0.3) is 5.69 Å². The summed E-state index contributed by atoms with van der Waals surface area (Å²) in [5, 5.41) is 10.8. The summed E-state index contributed by atoms with van der Waals surface area (Å²) in [5.74, 6) is -1.17. The van der Waals surface area contributed by atoms with Gasteiger partial charge in [-0.25, -0.2) is 4.71 Å². The number of aromatic nitrogens is 1. The normalized spacial score (nSPS) is 15.1. The maximum Gasteiger partial charge on any atom is 0.210 e. The first-order valence-electron chi connectivity index (χ1n) is 7.68. The van der Waals surface area contributed by atoms with E-state index in [4.69, 9.17) is 25.3 Å². The van der Waals surface area contributed by atoms with E-state index >= 15 is 0 Å². The molecule has 0 atom stereocenters. The van der Waals surface area contributed by atoms with Gasteiger partial charge in [0, 0.05) is 78.5 Å². The van der Waals surface area contributed by atoms with Crippen LogP contribution in [0.1, 0.15) is 10.4 Å². The summed E-state index contributed by atoms with van der Waals surface area (Å²) in [6, 6.07) is 10.7. The van der Waals surface area contributed by atoms with Gasteiger partial charge in [0.1, 0.15) is 0 Å². The van der Waals surface area contributed by atoms with Gasteiger partial charge in [-0.05, 0) is 17.7 Å². The Kier molecular flexibility index (Phi) is 7.42. The van der Waals surface area contributed by atoms with Gasteiger partial charge in [0.2, 0.25) is 5.69 Å². The fraction of sp³-hybridized carbons (Fsp3) is 0.294. The Morgan fingerprint density at radius 2 is 1.56 bits per heavy atom. The monoisotopic (exact) mass is 556 g/mol. The minimum atomic E-state index is -1.17. The van der Waals surface area contributed by atoms with Crippen molar-refractivity contribution in [3.8, 4) is 5.69 Å². The molecule has 0 unspecified atom stereocenters. The predicted molar refractivity (Wildman–Crippen MR) is 94.6 cm³/mol. The Bertz CT molecular complexity index is 703. The van der Waals surface area contributed by atoms with Crippen molar-refractivity contribution in [3.05, 3.63) is 54.4 Å². The average Bonchev–Trinajstić information content (AvgIpc) is 2.62. The summed E-state index contributed by atoms with van der Waals surface area (Å²) in [6.07, 6.45) is 3.94. The van der Waals surface area contributed by atoms with Gasteiger partial charge in [0.25, 0.3) is 0 Å². The molecule has 0 amide bonds. The molecule has 0 spiro atoms. The molecule has 0 bridgehead atoms. The minimum Gasteiger partial charge on any atom is -0.800 e. The number of nitrogens with zero attached hydrogens (tertiary/aromatic N) is 3. The largest absolute Gasteiger partial charge is 0.800 e. The Morgan fingerprint density at radius 1 is 1.00 bits per heavy atom. The van der Waals surface area contributed by atoms with Crippen LogP contribution in [0.4, 0.5) is 5.69 Å². The molecular formula is C17H17AuN3O2S2-2. The Balaban J connectivity index is 0.00000225. The van der Waals surface area contributed by atoms with Crippen LogP contribution in [0.3, 0.4) is 0 Å². The summed E-state index contributed by atoms with van der Waals surface area (Å²) in [7, 11) is 0. The molecule has 5 nitrogen and oxygen atoms in total.